The number of carbonyl (C=O) groups excluding carboxylic acids is 1. The van der Waals surface area contributed by atoms with Gasteiger partial charge < -0.3 is 10.1 Å². The Balaban J connectivity index is 1.54. The number of para-hydroxylation sites is 1. The molecule has 1 aromatic carbocycles. The molecule has 1 unspecified atom stereocenters. The summed E-state index contributed by atoms with van der Waals surface area (Å²) < 4.78 is 5.40. The molecular weight excluding hydrogens is 264 g/mol. The topological polar surface area (TPSA) is 51.2 Å². The Kier molecular flexibility index (Phi) is 4.46. The van der Waals surface area contributed by atoms with E-state index in [0.29, 0.717) is 25.5 Å². The second-order valence-corrected chi connectivity index (χ2v) is 5.60. The van der Waals surface area contributed by atoms with Crippen LogP contribution in [-0.4, -0.2) is 24.1 Å². The van der Waals surface area contributed by atoms with Crippen LogP contribution < -0.4 is 5.32 Å². The molecule has 21 heavy (non-hydrogen) atoms. The van der Waals surface area contributed by atoms with Gasteiger partial charge in [0.25, 0.3) is 0 Å². The van der Waals surface area contributed by atoms with Crippen LogP contribution in [0.15, 0.2) is 36.5 Å². The quantitative estimate of drug-likeness (QED) is 0.939. The van der Waals surface area contributed by atoms with Gasteiger partial charge in [0, 0.05) is 37.8 Å². The van der Waals surface area contributed by atoms with E-state index in [1.54, 1.807) is 0 Å². The Bertz CT molecular complexity index is 621. The van der Waals surface area contributed by atoms with Crippen LogP contribution in [0.5, 0.6) is 0 Å². The summed E-state index contributed by atoms with van der Waals surface area (Å²) in [6.07, 6.45) is 4.53. The SMILES string of the molecule is O=C(CC1CCCOC1)NCc1cnc2ccccc2c1. The Morgan fingerprint density at radius 2 is 2.29 bits per heavy atom. The number of rotatable bonds is 4. The summed E-state index contributed by atoms with van der Waals surface area (Å²) in [6.45, 7) is 2.08. The maximum Gasteiger partial charge on any atom is 0.220 e. The molecule has 2 aromatic rings. The van der Waals surface area contributed by atoms with Crippen LogP contribution >= 0.6 is 0 Å². The highest BCUT2D eigenvalue weighted by atomic mass is 16.5. The molecule has 2 heterocycles. The average molecular weight is 284 g/mol. The number of amides is 1. The largest absolute Gasteiger partial charge is 0.381 e. The number of fused-ring (bicyclic) bond motifs is 1. The third-order valence-electron chi connectivity index (χ3n) is 3.87. The monoisotopic (exact) mass is 284 g/mol. The van der Waals surface area contributed by atoms with Crippen molar-refractivity contribution in [1.82, 2.24) is 10.3 Å². The summed E-state index contributed by atoms with van der Waals surface area (Å²) in [7, 11) is 0. The maximum atomic E-state index is 12.0. The number of pyridine rings is 1. The van der Waals surface area contributed by atoms with Gasteiger partial charge >= 0.3 is 0 Å². The first-order valence-corrected chi connectivity index (χ1v) is 7.49. The second-order valence-electron chi connectivity index (χ2n) is 5.60. The lowest BCUT2D eigenvalue weighted by molar-refractivity contribution is -0.123. The molecule has 0 bridgehead atoms. The molecule has 110 valence electrons. The van der Waals surface area contributed by atoms with E-state index in [1.807, 2.05) is 30.5 Å². The summed E-state index contributed by atoms with van der Waals surface area (Å²) in [6, 6.07) is 10.1. The molecule has 1 saturated heterocycles. The third kappa shape index (κ3) is 3.79. The summed E-state index contributed by atoms with van der Waals surface area (Å²) in [5.74, 6) is 0.465. The smallest absolute Gasteiger partial charge is 0.220 e. The minimum atomic E-state index is 0.0960. The first-order valence-electron chi connectivity index (χ1n) is 7.49. The van der Waals surface area contributed by atoms with E-state index in [9.17, 15) is 4.79 Å². The van der Waals surface area contributed by atoms with Crippen LogP contribution in [0.3, 0.4) is 0 Å². The fourth-order valence-electron chi connectivity index (χ4n) is 2.72. The molecule has 4 heteroatoms. The molecule has 1 atom stereocenters. The molecule has 3 rings (SSSR count). The van der Waals surface area contributed by atoms with E-state index >= 15 is 0 Å². The lowest BCUT2D eigenvalue weighted by atomic mass is 9.98. The van der Waals surface area contributed by atoms with Crippen molar-refractivity contribution in [3.8, 4) is 0 Å². The number of benzene rings is 1. The Labute approximate surface area is 124 Å². The minimum Gasteiger partial charge on any atom is -0.381 e. The molecule has 0 aliphatic carbocycles. The first kappa shape index (κ1) is 14.0. The normalized spacial score (nSPS) is 18.6. The second kappa shape index (κ2) is 6.68. The van der Waals surface area contributed by atoms with Crippen molar-refractivity contribution < 1.29 is 9.53 Å². The summed E-state index contributed by atoms with van der Waals surface area (Å²) in [4.78, 5) is 16.4. The Hall–Kier alpha value is -1.94. The number of hydrogen-bond acceptors (Lipinski definition) is 3. The molecular formula is C17H20N2O2. The van der Waals surface area contributed by atoms with Crippen molar-refractivity contribution in [2.75, 3.05) is 13.2 Å². The maximum absolute atomic E-state index is 12.0. The van der Waals surface area contributed by atoms with Gasteiger partial charge in [-0.3, -0.25) is 9.78 Å². The van der Waals surface area contributed by atoms with Crippen molar-refractivity contribution in [3.63, 3.8) is 0 Å². The highest BCUT2D eigenvalue weighted by Crippen LogP contribution is 2.17. The van der Waals surface area contributed by atoms with Crippen LogP contribution in [0.4, 0.5) is 0 Å². The van der Waals surface area contributed by atoms with E-state index in [-0.39, 0.29) is 5.91 Å². The van der Waals surface area contributed by atoms with Gasteiger partial charge in [-0.15, -0.1) is 0 Å². The van der Waals surface area contributed by atoms with E-state index in [0.717, 1.165) is 35.9 Å². The van der Waals surface area contributed by atoms with E-state index in [2.05, 4.69) is 16.4 Å². The van der Waals surface area contributed by atoms with Crippen molar-refractivity contribution >= 4 is 16.8 Å². The van der Waals surface area contributed by atoms with Gasteiger partial charge in [-0.05, 0) is 36.5 Å². The zero-order valence-corrected chi connectivity index (χ0v) is 12.0. The van der Waals surface area contributed by atoms with Crippen LogP contribution in [0.25, 0.3) is 10.9 Å². The fraction of sp³-hybridized carbons (Fsp3) is 0.412. The van der Waals surface area contributed by atoms with Crippen molar-refractivity contribution in [2.24, 2.45) is 5.92 Å². The number of carbonyl (C=O) groups is 1. The molecule has 1 aliphatic heterocycles. The average Bonchev–Trinajstić information content (AvgIpc) is 2.54. The van der Waals surface area contributed by atoms with Crippen LogP contribution in [0.2, 0.25) is 0 Å². The number of nitrogens with zero attached hydrogens (tertiary/aromatic N) is 1. The van der Waals surface area contributed by atoms with Gasteiger partial charge in [-0.25, -0.2) is 0 Å². The van der Waals surface area contributed by atoms with Gasteiger partial charge in [0.1, 0.15) is 0 Å². The molecule has 1 N–H and O–H groups in total. The molecule has 1 amide bonds. The highest BCUT2D eigenvalue weighted by Gasteiger charge is 2.17. The summed E-state index contributed by atoms with van der Waals surface area (Å²) >= 11 is 0. The standard InChI is InChI=1S/C17H20N2O2/c20-17(9-13-4-3-7-21-12-13)19-11-14-8-15-5-1-2-6-16(15)18-10-14/h1-2,5-6,8,10,13H,3-4,7,9,11-12H2,(H,19,20). The molecule has 1 aliphatic rings. The molecule has 0 radical (unpaired) electrons. The van der Waals surface area contributed by atoms with Crippen molar-refractivity contribution in [2.45, 2.75) is 25.8 Å². The first-order chi connectivity index (χ1) is 10.3. The zero-order valence-electron chi connectivity index (χ0n) is 12.0. The lowest BCUT2D eigenvalue weighted by Crippen LogP contribution is -2.28. The predicted octanol–water partition coefficient (Wildman–Crippen LogP) is 2.67. The molecule has 0 spiro atoms. The molecule has 4 nitrogen and oxygen atoms in total. The van der Waals surface area contributed by atoms with Gasteiger partial charge in [-0.1, -0.05) is 18.2 Å². The predicted molar refractivity (Wildman–Crippen MR) is 81.7 cm³/mol. The van der Waals surface area contributed by atoms with Gasteiger partial charge in [-0.2, -0.15) is 0 Å². The zero-order chi connectivity index (χ0) is 14.5. The van der Waals surface area contributed by atoms with Crippen LogP contribution in [0.1, 0.15) is 24.8 Å². The summed E-state index contributed by atoms with van der Waals surface area (Å²) in [5.41, 5.74) is 2.01. The van der Waals surface area contributed by atoms with E-state index in [4.69, 9.17) is 4.74 Å². The summed E-state index contributed by atoms with van der Waals surface area (Å²) in [5, 5.41) is 4.08. The Morgan fingerprint density at radius 3 is 3.14 bits per heavy atom. The van der Waals surface area contributed by atoms with Crippen LogP contribution in [-0.2, 0) is 16.1 Å². The number of ether oxygens (including phenoxy) is 1. The highest BCUT2D eigenvalue weighted by molar-refractivity contribution is 5.79. The fourth-order valence-corrected chi connectivity index (χ4v) is 2.72. The lowest BCUT2D eigenvalue weighted by Gasteiger charge is -2.21. The van der Waals surface area contributed by atoms with Crippen molar-refractivity contribution in [1.29, 1.82) is 0 Å². The number of aromatic nitrogens is 1. The van der Waals surface area contributed by atoms with Crippen molar-refractivity contribution in [3.05, 3.63) is 42.1 Å². The number of hydrogen-bond donors (Lipinski definition) is 1. The van der Waals surface area contributed by atoms with Gasteiger partial charge in [0.15, 0.2) is 0 Å². The van der Waals surface area contributed by atoms with Gasteiger partial charge in [0.2, 0.25) is 5.91 Å². The molecule has 0 saturated carbocycles. The minimum absolute atomic E-state index is 0.0960. The Morgan fingerprint density at radius 1 is 1.38 bits per heavy atom. The van der Waals surface area contributed by atoms with Crippen LogP contribution in [0, 0.1) is 5.92 Å². The third-order valence-corrected chi connectivity index (χ3v) is 3.87. The number of nitrogens with one attached hydrogen (secondary N) is 1. The van der Waals surface area contributed by atoms with Gasteiger partial charge in [0.05, 0.1) is 5.52 Å². The molecule has 1 aromatic heterocycles. The van der Waals surface area contributed by atoms with E-state index in [1.165, 1.54) is 0 Å². The van der Waals surface area contributed by atoms with E-state index < -0.39 is 0 Å². The molecule has 1 fully saturated rings.